The molecule has 2 rings (SSSR count). The fourth-order valence-corrected chi connectivity index (χ4v) is 2.30. The molecule has 0 radical (unpaired) electrons. The molecule has 2 amide bonds. The molecular weight excluding hydrogens is 378 g/mol. The van der Waals surface area contributed by atoms with Crippen molar-refractivity contribution in [2.24, 2.45) is 5.92 Å². The molecule has 5 nitrogen and oxygen atoms in total. The number of carbonyl (C=O) groups excluding carboxylic acids is 2. The fourth-order valence-electron chi connectivity index (χ4n) is 2.30. The predicted octanol–water partition coefficient (Wildman–Crippen LogP) is 4.07. The normalized spacial score (nSPS) is 11.4. The van der Waals surface area contributed by atoms with Crippen molar-refractivity contribution >= 4 is 17.6 Å². The van der Waals surface area contributed by atoms with Crippen LogP contribution in [0.3, 0.4) is 0 Å². The smallest absolute Gasteiger partial charge is 0.348 e. The van der Waals surface area contributed by atoms with Gasteiger partial charge in [0.2, 0.25) is 5.91 Å². The number of hydrogen-bond acceptors (Lipinski definition) is 3. The monoisotopic (exact) mass is 397 g/mol. The molecule has 2 aromatic rings. The topological polar surface area (TPSA) is 71.1 Å². The summed E-state index contributed by atoms with van der Waals surface area (Å²) in [5.41, 5.74) is -0.699. The second kappa shape index (κ2) is 8.37. The number of anilines is 1. The minimum absolute atomic E-state index is 0.138. The lowest BCUT2D eigenvalue weighted by molar-refractivity contribution is -0.137. The molecule has 0 aliphatic heterocycles. The van der Waals surface area contributed by atoms with E-state index in [-0.39, 0.29) is 28.8 Å². The molecule has 150 valence electrons. The van der Waals surface area contributed by atoms with Crippen LogP contribution in [0.15, 0.2) is 30.3 Å². The van der Waals surface area contributed by atoms with E-state index in [9.17, 15) is 27.2 Å². The molecule has 2 N–H and O–H groups in total. The van der Waals surface area contributed by atoms with Gasteiger partial charge in [-0.2, -0.15) is 13.2 Å². The Labute approximate surface area is 159 Å². The Kier molecular flexibility index (Phi) is 6.37. The molecule has 1 aromatic heterocycles. The summed E-state index contributed by atoms with van der Waals surface area (Å²) in [6.45, 7) is 4.59. The van der Waals surface area contributed by atoms with Crippen LogP contribution in [0.5, 0.6) is 0 Å². The molecule has 1 aromatic carbocycles. The zero-order valence-electron chi connectivity index (χ0n) is 15.4. The van der Waals surface area contributed by atoms with Crippen molar-refractivity contribution in [1.29, 1.82) is 0 Å². The number of rotatable bonds is 5. The second-order valence-electron chi connectivity index (χ2n) is 6.51. The van der Waals surface area contributed by atoms with E-state index < -0.39 is 30.0 Å². The van der Waals surface area contributed by atoms with Crippen molar-refractivity contribution < 1.29 is 27.2 Å². The van der Waals surface area contributed by atoms with E-state index in [1.54, 1.807) is 20.8 Å². The number of pyridine rings is 1. The summed E-state index contributed by atoms with van der Waals surface area (Å²) >= 11 is 0. The van der Waals surface area contributed by atoms with Gasteiger partial charge < -0.3 is 10.6 Å². The standard InChI is InChI=1S/C19H19F4N3O2/c1-10(2)17(27)26-16-8-12(6-11(3)25-16)18(28)24-9-13-7-14(19(21,22)23)4-5-15(13)20/h4-8,10H,9H2,1-3H3,(H,24,28)(H,25,26,27). The third-order valence-corrected chi connectivity index (χ3v) is 3.80. The molecule has 1 heterocycles. The van der Waals surface area contributed by atoms with Crippen molar-refractivity contribution in [3.05, 3.63) is 58.5 Å². The van der Waals surface area contributed by atoms with Crippen LogP contribution < -0.4 is 10.6 Å². The quantitative estimate of drug-likeness (QED) is 0.747. The molecule has 0 aliphatic carbocycles. The van der Waals surface area contributed by atoms with Crippen LogP contribution in [0.1, 0.15) is 41.0 Å². The molecule has 0 fully saturated rings. The maximum absolute atomic E-state index is 13.8. The number of aromatic nitrogens is 1. The summed E-state index contributed by atoms with van der Waals surface area (Å²) in [7, 11) is 0. The highest BCUT2D eigenvalue weighted by atomic mass is 19.4. The van der Waals surface area contributed by atoms with E-state index in [1.807, 2.05) is 0 Å². The average molecular weight is 397 g/mol. The molecule has 0 bridgehead atoms. The Balaban J connectivity index is 2.16. The molecule has 0 atom stereocenters. The molecule has 0 saturated heterocycles. The zero-order valence-corrected chi connectivity index (χ0v) is 15.4. The highest BCUT2D eigenvalue weighted by Gasteiger charge is 2.31. The molecule has 0 spiro atoms. The van der Waals surface area contributed by atoms with E-state index in [1.165, 1.54) is 12.1 Å². The van der Waals surface area contributed by atoms with Crippen molar-refractivity contribution in [3.8, 4) is 0 Å². The Morgan fingerprint density at radius 2 is 1.82 bits per heavy atom. The van der Waals surface area contributed by atoms with Gasteiger partial charge in [-0.05, 0) is 37.3 Å². The van der Waals surface area contributed by atoms with Crippen molar-refractivity contribution in [1.82, 2.24) is 10.3 Å². The SMILES string of the molecule is Cc1cc(C(=O)NCc2cc(C(F)(F)F)ccc2F)cc(NC(=O)C(C)C)n1. The van der Waals surface area contributed by atoms with Crippen LogP contribution >= 0.6 is 0 Å². The number of benzene rings is 1. The van der Waals surface area contributed by atoms with E-state index in [4.69, 9.17) is 0 Å². The maximum atomic E-state index is 13.8. The van der Waals surface area contributed by atoms with Crippen LogP contribution in [0, 0.1) is 18.7 Å². The number of alkyl halides is 3. The molecular formula is C19H19F4N3O2. The first kappa shape index (κ1) is 21.3. The number of hydrogen-bond donors (Lipinski definition) is 2. The van der Waals surface area contributed by atoms with Crippen molar-refractivity contribution in [2.75, 3.05) is 5.32 Å². The van der Waals surface area contributed by atoms with Crippen LogP contribution in [-0.2, 0) is 17.5 Å². The summed E-state index contributed by atoms with van der Waals surface area (Å²) < 4.78 is 52.1. The predicted molar refractivity (Wildman–Crippen MR) is 95.0 cm³/mol. The fraction of sp³-hybridized carbons (Fsp3) is 0.316. The first-order chi connectivity index (χ1) is 13.0. The van der Waals surface area contributed by atoms with E-state index >= 15 is 0 Å². The first-order valence-corrected chi connectivity index (χ1v) is 8.40. The van der Waals surface area contributed by atoms with Gasteiger partial charge >= 0.3 is 6.18 Å². The highest BCUT2D eigenvalue weighted by Crippen LogP contribution is 2.30. The first-order valence-electron chi connectivity index (χ1n) is 8.40. The van der Waals surface area contributed by atoms with E-state index in [2.05, 4.69) is 15.6 Å². The number of carbonyl (C=O) groups is 2. The zero-order chi connectivity index (χ0) is 21.1. The van der Waals surface area contributed by atoms with Gasteiger partial charge in [0.25, 0.3) is 5.91 Å². The van der Waals surface area contributed by atoms with Crippen LogP contribution in [-0.4, -0.2) is 16.8 Å². The lowest BCUT2D eigenvalue weighted by Gasteiger charge is -2.12. The molecule has 0 unspecified atom stereocenters. The summed E-state index contributed by atoms with van der Waals surface area (Å²) in [4.78, 5) is 28.2. The van der Waals surface area contributed by atoms with Gasteiger partial charge in [-0.15, -0.1) is 0 Å². The van der Waals surface area contributed by atoms with E-state index in [0.29, 0.717) is 23.9 Å². The van der Waals surface area contributed by atoms with Crippen molar-refractivity contribution in [2.45, 2.75) is 33.5 Å². The number of nitrogens with zero attached hydrogens (tertiary/aromatic N) is 1. The Hall–Kier alpha value is -2.97. The van der Waals surface area contributed by atoms with Crippen LogP contribution in [0.2, 0.25) is 0 Å². The van der Waals surface area contributed by atoms with Gasteiger partial charge in [0.1, 0.15) is 11.6 Å². The van der Waals surface area contributed by atoms with Gasteiger partial charge in [-0.3, -0.25) is 9.59 Å². The lowest BCUT2D eigenvalue weighted by Crippen LogP contribution is -2.25. The minimum Gasteiger partial charge on any atom is -0.348 e. The van der Waals surface area contributed by atoms with Crippen LogP contribution in [0.4, 0.5) is 23.4 Å². The highest BCUT2D eigenvalue weighted by molar-refractivity contribution is 5.97. The number of amides is 2. The second-order valence-corrected chi connectivity index (χ2v) is 6.51. The molecule has 0 saturated carbocycles. The third kappa shape index (κ3) is 5.51. The van der Waals surface area contributed by atoms with Gasteiger partial charge in [0, 0.05) is 29.3 Å². The lowest BCUT2D eigenvalue weighted by atomic mass is 10.1. The summed E-state index contributed by atoms with van der Waals surface area (Å²) in [6.07, 6.45) is -4.61. The van der Waals surface area contributed by atoms with Gasteiger partial charge in [0.05, 0.1) is 5.56 Å². The number of nitrogens with one attached hydrogen (secondary N) is 2. The summed E-state index contributed by atoms with van der Waals surface area (Å²) in [5, 5.41) is 4.95. The number of halogens is 4. The molecule has 0 aliphatic rings. The van der Waals surface area contributed by atoms with Gasteiger partial charge in [-0.1, -0.05) is 13.8 Å². The van der Waals surface area contributed by atoms with Crippen LogP contribution in [0.25, 0.3) is 0 Å². The molecule has 28 heavy (non-hydrogen) atoms. The van der Waals surface area contributed by atoms with Gasteiger partial charge in [-0.25, -0.2) is 9.37 Å². The maximum Gasteiger partial charge on any atom is 0.416 e. The van der Waals surface area contributed by atoms with Gasteiger partial charge in [0.15, 0.2) is 0 Å². The summed E-state index contributed by atoms with van der Waals surface area (Å²) in [6, 6.07) is 4.78. The van der Waals surface area contributed by atoms with Crippen molar-refractivity contribution in [3.63, 3.8) is 0 Å². The average Bonchev–Trinajstić information content (AvgIpc) is 2.59. The minimum atomic E-state index is -4.61. The Morgan fingerprint density at radius 3 is 2.43 bits per heavy atom. The Bertz CT molecular complexity index is 895. The third-order valence-electron chi connectivity index (χ3n) is 3.80. The van der Waals surface area contributed by atoms with E-state index in [0.717, 1.165) is 0 Å². The molecule has 9 heteroatoms. The summed E-state index contributed by atoms with van der Waals surface area (Å²) in [5.74, 6) is -1.89. The largest absolute Gasteiger partial charge is 0.416 e. The Morgan fingerprint density at radius 1 is 1.14 bits per heavy atom. The number of aryl methyl sites for hydroxylation is 1.